The summed E-state index contributed by atoms with van der Waals surface area (Å²) in [5, 5.41) is 14.2. The Morgan fingerprint density at radius 2 is 2.00 bits per heavy atom. The van der Waals surface area contributed by atoms with Gasteiger partial charge in [-0.05, 0) is 24.6 Å². The number of ether oxygens (including phenoxy) is 1. The average Bonchev–Trinajstić information content (AvgIpc) is 2.97. The van der Waals surface area contributed by atoms with Gasteiger partial charge in [0.2, 0.25) is 0 Å². The number of aromatic nitrogens is 3. The summed E-state index contributed by atoms with van der Waals surface area (Å²) in [6.07, 6.45) is 1.78. The summed E-state index contributed by atoms with van der Waals surface area (Å²) < 4.78 is 8.44. The molecule has 0 spiro atoms. The van der Waals surface area contributed by atoms with Gasteiger partial charge in [-0.2, -0.15) is 5.10 Å². The zero-order valence-corrected chi connectivity index (χ0v) is 12.5. The van der Waals surface area contributed by atoms with E-state index in [-0.39, 0.29) is 11.3 Å². The SMILES string of the molecule is CCn1cc2c(n1)c(O)cc(=O)n2Cc1ccc(OC)cc1. The molecular weight excluding hydrogens is 282 g/mol. The number of hydrogen-bond acceptors (Lipinski definition) is 4. The number of pyridine rings is 1. The van der Waals surface area contributed by atoms with Crippen LogP contribution in [-0.4, -0.2) is 26.6 Å². The lowest BCUT2D eigenvalue weighted by Crippen LogP contribution is -2.19. The van der Waals surface area contributed by atoms with Crippen molar-refractivity contribution in [3.05, 3.63) is 52.4 Å². The lowest BCUT2D eigenvalue weighted by molar-refractivity contribution is 0.414. The summed E-state index contributed by atoms with van der Waals surface area (Å²) in [5.74, 6) is 0.684. The topological polar surface area (TPSA) is 69.3 Å². The molecule has 0 fully saturated rings. The molecule has 6 heteroatoms. The summed E-state index contributed by atoms with van der Waals surface area (Å²) >= 11 is 0. The Hall–Kier alpha value is -2.76. The summed E-state index contributed by atoms with van der Waals surface area (Å²) in [7, 11) is 1.61. The monoisotopic (exact) mass is 299 g/mol. The molecule has 2 aromatic heterocycles. The number of methoxy groups -OCH3 is 1. The fourth-order valence-corrected chi connectivity index (χ4v) is 2.41. The number of aryl methyl sites for hydroxylation is 1. The summed E-state index contributed by atoms with van der Waals surface area (Å²) in [4.78, 5) is 12.2. The first-order valence-electron chi connectivity index (χ1n) is 7.05. The second kappa shape index (κ2) is 5.55. The molecule has 0 bridgehead atoms. The minimum atomic E-state index is -0.253. The molecule has 6 nitrogen and oxygen atoms in total. The third-order valence-corrected chi connectivity index (χ3v) is 3.63. The van der Waals surface area contributed by atoms with Gasteiger partial charge >= 0.3 is 0 Å². The fourth-order valence-electron chi connectivity index (χ4n) is 2.41. The van der Waals surface area contributed by atoms with E-state index < -0.39 is 0 Å². The highest BCUT2D eigenvalue weighted by Gasteiger charge is 2.12. The van der Waals surface area contributed by atoms with Crippen LogP contribution in [0.5, 0.6) is 11.5 Å². The van der Waals surface area contributed by atoms with Crippen LogP contribution >= 0.6 is 0 Å². The van der Waals surface area contributed by atoms with Crippen LogP contribution in [0.2, 0.25) is 0 Å². The Morgan fingerprint density at radius 3 is 2.64 bits per heavy atom. The molecule has 3 rings (SSSR count). The van der Waals surface area contributed by atoms with Crippen molar-refractivity contribution in [2.45, 2.75) is 20.0 Å². The van der Waals surface area contributed by atoms with Gasteiger partial charge in [0.25, 0.3) is 5.56 Å². The first-order valence-corrected chi connectivity index (χ1v) is 7.05. The first kappa shape index (κ1) is 14.2. The van der Waals surface area contributed by atoms with E-state index in [1.54, 1.807) is 22.6 Å². The normalized spacial score (nSPS) is 11.0. The number of rotatable bonds is 4. The van der Waals surface area contributed by atoms with E-state index in [2.05, 4.69) is 5.10 Å². The number of benzene rings is 1. The van der Waals surface area contributed by atoms with Gasteiger partial charge < -0.3 is 14.4 Å². The minimum Gasteiger partial charge on any atom is -0.505 e. The highest BCUT2D eigenvalue weighted by atomic mass is 16.5. The maximum Gasteiger partial charge on any atom is 0.255 e. The van der Waals surface area contributed by atoms with E-state index in [0.29, 0.717) is 24.1 Å². The van der Waals surface area contributed by atoms with Gasteiger partial charge in [-0.15, -0.1) is 0 Å². The fraction of sp³-hybridized carbons (Fsp3) is 0.250. The average molecular weight is 299 g/mol. The van der Waals surface area contributed by atoms with E-state index in [1.807, 2.05) is 31.2 Å². The molecule has 0 unspecified atom stereocenters. The van der Waals surface area contributed by atoms with Crippen molar-refractivity contribution in [1.82, 2.24) is 14.3 Å². The maximum absolute atomic E-state index is 12.2. The van der Waals surface area contributed by atoms with Gasteiger partial charge in [0.1, 0.15) is 5.75 Å². The standard InChI is InChI=1S/C16H17N3O3/c1-3-18-10-13-16(17-18)14(20)8-15(21)19(13)9-11-4-6-12(22-2)7-5-11/h4-8,10,20H,3,9H2,1-2H3. The van der Waals surface area contributed by atoms with Crippen molar-refractivity contribution in [3.8, 4) is 11.5 Å². The molecule has 2 heterocycles. The van der Waals surface area contributed by atoms with E-state index >= 15 is 0 Å². The molecule has 114 valence electrons. The molecule has 0 radical (unpaired) electrons. The largest absolute Gasteiger partial charge is 0.505 e. The zero-order chi connectivity index (χ0) is 15.7. The Morgan fingerprint density at radius 1 is 1.27 bits per heavy atom. The lowest BCUT2D eigenvalue weighted by Gasteiger charge is -2.08. The van der Waals surface area contributed by atoms with Gasteiger partial charge in [0, 0.05) is 18.8 Å². The predicted octanol–water partition coefficient (Wildman–Crippen LogP) is 1.98. The molecule has 22 heavy (non-hydrogen) atoms. The van der Waals surface area contributed by atoms with Crippen LogP contribution in [0.25, 0.3) is 11.0 Å². The van der Waals surface area contributed by atoms with Gasteiger partial charge in [-0.3, -0.25) is 9.48 Å². The summed E-state index contributed by atoms with van der Waals surface area (Å²) in [6, 6.07) is 8.74. The molecule has 1 N–H and O–H groups in total. The van der Waals surface area contributed by atoms with Crippen molar-refractivity contribution < 1.29 is 9.84 Å². The molecule has 0 saturated heterocycles. The van der Waals surface area contributed by atoms with Crippen LogP contribution in [0.4, 0.5) is 0 Å². The molecule has 0 atom stereocenters. The quantitative estimate of drug-likeness (QED) is 0.800. The van der Waals surface area contributed by atoms with Crippen LogP contribution in [0.15, 0.2) is 41.3 Å². The minimum absolute atomic E-state index is 0.0850. The number of aromatic hydroxyl groups is 1. The molecule has 1 aromatic carbocycles. The van der Waals surface area contributed by atoms with Crippen LogP contribution in [0, 0.1) is 0 Å². The third kappa shape index (κ3) is 2.43. The smallest absolute Gasteiger partial charge is 0.255 e. The summed E-state index contributed by atoms with van der Waals surface area (Å²) in [6.45, 7) is 3.04. The number of hydrogen-bond donors (Lipinski definition) is 1. The van der Waals surface area contributed by atoms with E-state index in [0.717, 1.165) is 11.3 Å². The van der Waals surface area contributed by atoms with Crippen LogP contribution < -0.4 is 10.3 Å². The zero-order valence-electron chi connectivity index (χ0n) is 12.5. The highest BCUT2D eigenvalue weighted by molar-refractivity contribution is 5.80. The lowest BCUT2D eigenvalue weighted by atomic mass is 10.2. The Balaban J connectivity index is 2.08. The molecule has 0 aliphatic carbocycles. The Bertz CT molecular complexity index is 863. The second-order valence-electron chi connectivity index (χ2n) is 5.02. The molecule has 0 aliphatic heterocycles. The van der Waals surface area contributed by atoms with Crippen LogP contribution in [0.3, 0.4) is 0 Å². The van der Waals surface area contributed by atoms with Gasteiger partial charge in [0.15, 0.2) is 11.3 Å². The van der Waals surface area contributed by atoms with Gasteiger partial charge in [-0.1, -0.05) is 12.1 Å². The van der Waals surface area contributed by atoms with Crippen molar-refractivity contribution >= 4 is 11.0 Å². The van der Waals surface area contributed by atoms with Crippen LogP contribution in [0.1, 0.15) is 12.5 Å². The van der Waals surface area contributed by atoms with Crippen molar-refractivity contribution in [3.63, 3.8) is 0 Å². The van der Waals surface area contributed by atoms with Gasteiger partial charge in [-0.25, -0.2) is 0 Å². The maximum atomic E-state index is 12.2. The van der Waals surface area contributed by atoms with E-state index in [1.165, 1.54) is 6.07 Å². The molecule has 3 aromatic rings. The van der Waals surface area contributed by atoms with Crippen molar-refractivity contribution in [1.29, 1.82) is 0 Å². The molecule has 0 amide bonds. The predicted molar refractivity (Wildman–Crippen MR) is 83.4 cm³/mol. The first-order chi connectivity index (χ1) is 10.6. The second-order valence-corrected chi connectivity index (χ2v) is 5.02. The highest BCUT2D eigenvalue weighted by Crippen LogP contribution is 2.21. The van der Waals surface area contributed by atoms with Crippen molar-refractivity contribution in [2.24, 2.45) is 0 Å². The summed E-state index contributed by atoms with van der Waals surface area (Å²) in [5.41, 5.74) is 1.79. The van der Waals surface area contributed by atoms with Crippen LogP contribution in [-0.2, 0) is 13.1 Å². The van der Waals surface area contributed by atoms with E-state index in [4.69, 9.17) is 4.74 Å². The molecule has 0 saturated carbocycles. The molecular formula is C16H17N3O3. The Kier molecular flexibility index (Phi) is 3.58. The van der Waals surface area contributed by atoms with E-state index in [9.17, 15) is 9.90 Å². The van der Waals surface area contributed by atoms with Crippen molar-refractivity contribution in [2.75, 3.05) is 7.11 Å². The Labute approximate surface area is 127 Å². The number of fused-ring (bicyclic) bond motifs is 1. The van der Waals surface area contributed by atoms with Gasteiger partial charge in [0.05, 0.1) is 19.2 Å². The molecule has 0 aliphatic rings. The third-order valence-electron chi connectivity index (χ3n) is 3.63. The number of nitrogens with zero attached hydrogens (tertiary/aromatic N) is 3.